The van der Waals surface area contributed by atoms with Crippen LogP contribution in [0, 0.1) is 3.70 Å². The minimum absolute atomic E-state index is 0.132. The van der Waals surface area contributed by atoms with E-state index in [4.69, 9.17) is 19.2 Å². The lowest BCUT2D eigenvalue weighted by atomic mass is 10.2. The Morgan fingerprint density at radius 3 is 1.83 bits per heavy atom. The molecule has 1 radical (unpaired) electrons. The van der Waals surface area contributed by atoms with Crippen LogP contribution in [0.5, 0.6) is 23.0 Å². The van der Waals surface area contributed by atoms with Crippen LogP contribution in [0.2, 0.25) is 0 Å². The van der Waals surface area contributed by atoms with Crippen molar-refractivity contribution in [3.05, 3.63) is 91.1 Å². The number of hydrogen-bond donors (Lipinski definition) is 4. The fourth-order valence-electron chi connectivity index (χ4n) is 3.49. The van der Waals surface area contributed by atoms with Crippen molar-refractivity contribution in [2.45, 2.75) is 26.4 Å². The molecular formula is C31H31BBr3IN9O7. The molecule has 52 heavy (non-hydrogen) atoms. The third kappa shape index (κ3) is 13.8. The second-order valence-corrected chi connectivity index (χ2v) is 14.0. The molecule has 0 spiro atoms. The van der Waals surface area contributed by atoms with Crippen LogP contribution in [0.4, 0.5) is 4.79 Å². The zero-order chi connectivity index (χ0) is 38.3. The van der Waals surface area contributed by atoms with Crippen molar-refractivity contribution in [1.29, 1.82) is 0 Å². The molecule has 0 aliphatic rings. The van der Waals surface area contributed by atoms with Gasteiger partial charge in [-0.05, 0) is 128 Å². The van der Waals surface area contributed by atoms with Crippen LogP contribution in [0.15, 0.2) is 87.4 Å². The topological polar surface area (TPSA) is 208 Å². The number of carbonyl (C=O) groups is 1. The molecule has 6 rings (SSSR count). The van der Waals surface area contributed by atoms with Gasteiger partial charge in [0.15, 0.2) is 11.5 Å². The first-order chi connectivity index (χ1) is 24.7. The average Bonchev–Trinajstić information content (AvgIpc) is 3.91. The van der Waals surface area contributed by atoms with Crippen molar-refractivity contribution in [2.75, 3.05) is 14.2 Å². The summed E-state index contributed by atoms with van der Waals surface area (Å²) in [6.07, 6.45) is 8.92. The predicted molar refractivity (Wildman–Crippen MR) is 211 cm³/mol. The molecule has 0 saturated carbocycles. The summed E-state index contributed by atoms with van der Waals surface area (Å²) >= 11 is 11.9. The third-order valence-electron chi connectivity index (χ3n) is 5.78. The number of methoxy groups -OCH3 is 2. The van der Waals surface area contributed by atoms with Gasteiger partial charge in [0, 0.05) is 23.5 Å². The highest BCUT2D eigenvalue weighted by molar-refractivity contribution is 14.1. The molecule has 0 amide bonds. The summed E-state index contributed by atoms with van der Waals surface area (Å²) in [6.45, 7) is 5.27. The van der Waals surface area contributed by atoms with Crippen molar-refractivity contribution in [3.63, 3.8) is 0 Å². The first-order valence-corrected chi connectivity index (χ1v) is 18.0. The number of aromatic hydroxyl groups is 1. The summed E-state index contributed by atoms with van der Waals surface area (Å²) in [5, 5.41) is 34.4. The molecule has 0 aliphatic heterocycles. The van der Waals surface area contributed by atoms with Crippen LogP contribution in [0.1, 0.15) is 20.8 Å². The second-order valence-electron chi connectivity index (χ2n) is 10.6. The Morgan fingerprint density at radius 1 is 0.827 bits per heavy atom. The van der Waals surface area contributed by atoms with Crippen LogP contribution in [-0.4, -0.2) is 88.9 Å². The number of hydrogen-bond acceptors (Lipinski definition) is 13. The minimum Gasteiger partial charge on any atom is -0.535 e. The van der Waals surface area contributed by atoms with Crippen LogP contribution in [0.25, 0.3) is 22.5 Å². The Balaban J connectivity index is 0.000000189. The van der Waals surface area contributed by atoms with Crippen LogP contribution in [-0.2, 0) is 4.74 Å². The SMILES string of the molecule is CC(C)(C)OC(=O)n1cc(O[B]O)cn1.COc1ccc(-c2cn[nH]c2)nc1Br.COc1ccc(I)nc1Br.Oc1ccc(-c2cn[nH]c2)nc1Br. The van der Waals surface area contributed by atoms with Gasteiger partial charge in [0.05, 0.1) is 50.4 Å². The van der Waals surface area contributed by atoms with Crippen LogP contribution < -0.4 is 14.1 Å². The Hall–Kier alpha value is -4.06. The van der Waals surface area contributed by atoms with Gasteiger partial charge < -0.3 is 29.0 Å². The molecule has 6 heterocycles. The quantitative estimate of drug-likeness (QED) is 0.0740. The fourth-order valence-corrected chi connectivity index (χ4v) is 5.54. The maximum absolute atomic E-state index is 11.4. The van der Waals surface area contributed by atoms with E-state index in [0.29, 0.717) is 16.9 Å². The molecule has 6 aromatic rings. The molecule has 4 N–H and O–H groups in total. The maximum Gasteiger partial charge on any atom is 0.569 e. The summed E-state index contributed by atoms with van der Waals surface area (Å²) in [7, 11) is 3.74. The van der Waals surface area contributed by atoms with Crippen molar-refractivity contribution >= 4 is 84.2 Å². The van der Waals surface area contributed by atoms with Gasteiger partial charge in [-0.2, -0.15) is 20.0 Å². The number of halogens is 4. The fraction of sp³-hybridized carbons (Fsp3) is 0.194. The van der Waals surface area contributed by atoms with Crippen molar-refractivity contribution in [1.82, 2.24) is 45.1 Å². The number of aromatic nitrogens is 9. The number of rotatable bonds is 6. The number of ether oxygens (including phenoxy) is 3. The summed E-state index contributed by atoms with van der Waals surface area (Å²) in [5.74, 6) is 1.87. The number of pyridine rings is 3. The Kier molecular flexibility index (Phi) is 17.0. The average molecular weight is 1020 g/mol. The highest BCUT2D eigenvalue weighted by Gasteiger charge is 2.18. The monoisotopic (exact) mass is 1020 g/mol. The van der Waals surface area contributed by atoms with Gasteiger partial charge in [0.2, 0.25) is 0 Å². The van der Waals surface area contributed by atoms with E-state index in [-0.39, 0.29) is 11.5 Å². The van der Waals surface area contributed by atoms with E-state index in [1.54, 1.807) is 71.9 Å². The smallest absolute Gasteiger partial charge is 0.535 e. The zero-order valence-corrected chi connectivity index (χ0v) is 35.0. The van der Waals surface area contributed by atoms with Crippen molar-refractivity contribution < 1.29 is 33.8 Å². The van der Waals surface area contributed by atoms with Crippen molar-refractivity contribution in [2.24, 2.45) is 0 Å². The van der Waals surface area contributed by atoms with E-state index in [1.165, 1.54) is 12.4 Å². The Labute approximate surface area is 337 Å². The predicted octanol–water partition coefficient (Wildman–Crippen LogP) is 7.21. The normalized spacial score (nSPS) is 10.3. The molecule has 0 fully saturated rings. The second kappa shape index (κ2) is 20.8. The van der Waals surface area contributed by atoms with Gasteiger partial charge in [-0.25, -0.2) is 19.7 Å². The van der Waals surface area contributed by atoms with E-state index in [9.17, 15) is 9.90 Å². The first kappa shape index (κ1) is 42.4. The van der Waals surface area contributed by atoms with Crippen LogP contribution in [0.3, 0.4) is 0 Å². The molecule has 21 heteroatoms. The summed E-state index contributed by atoms with van der Waals surface area (Å²) < 4.78 is 23.5. The van der Waals surface area contributed by atoms with E-state index >= 15 is 0 Å². The molecule has 273 valence electrons. The molecule has 16 nitrogen and oxygen atoms in total. The summed E-state index contributed by atoms with van der Waals surface area (Å²) in [5.41, 5.74) is 2.88. The molecule has 0 atom stereocenters. The molecule has 0 aromatic carbocycles. The lowest BCUT2D eigenvalue weighted by Crippen LogP contribution is -2.27. The van der Waals surface area contributed by atoms with Crippen LogP contribution >= 0.6 is 70.4 Å². The largest absolute Gasteiger partial charge is 0.569 e. The standard InChI is InChI=1S/C9H8BrN3O.C8H12BN2O4.C8H6BrN3O.C6H5BrINO/c1-14-8-3-2-7(13-9(8)10)6-4-11-12-5-6;1-8(2,3)14-7(12)11-5-6(4-10-11)15-9-13;9-8-7(13)2-1-6(12-8)5-3-10-11-4-5;1-10-4-2-3-5(8)9-6(4)7/h2-5H,1H3,(H,11,12);4-5,13H,1-3H3;1-4,13H,(H,10,11);2-3H,1H3. The molecule has 0 bridgehead atoms. The van der Waals surface area contributed by atoms with Gasteiger partial charge in [0.1, 0.15) is 34.6 Å². The van der Waals surface area contributed by atoms with E-state index < -0.39 is 11.7 Å². The molecule has 0 aliphatic carbocycles. The van der Waals surface area contributed by atoms with Gasteiger partial charge in [-0.15, -0.1) is 0 Å². The third-order valence-corrected chi connectivity index (χ3v) is 8.10. The number of nitrogens with zero attached hydrogens (tertiary/aromatic N) is 7. The molecular weight excluding hydrogens is 988 g/mol. The molecule has 6 aromatic heterocycles. The van der Waals surface area contributed by atoms with Gasteiger partial charge >= 0.3 is 13.8 Å². The van der Waals surface area contributed by atoms with Crippen molar-refractivity contribution in [3.8, 4) is 45.5 Å². The van der Waals surface area contributed by atoms with Gasteiger partial charge in [-0.3, -0.25) is 10.2 Å². The first-order valence-electron chi connectivity index (χ1n) is 14.6. The maximum atomic E-state index is 11.4. The summed E-state index contributed by atoms with van der Waals surface area (Å²) in [4.78, 5) is 24.0. The number of aromatic amines is 2. The van der Waals surface area contributed by atoms with Gasteiger partial charge in [0.25, 0.3) is 0 Å². The van der Waals surface area contributed by atoms with E-state index in [0.717, 1.165) is 47.0 Å². The summed E-state index contributed by atoms with van der Waals surface area (Å²) in [6, 6.07) is 10.8. The van der Waals surface area contributed by atoms with E-state index in [1.807, 2.05) is 24.3 Å². The minimum atomic E-state index is -0.602. The van der Waals surface area contributed by atoms with E-state index in [2.05, 4.69) is 115 Å². The number of H-pyrrole nitrogens is 2. The number of nitrogens with one attached hydrogen (secondary N) is 2. The highest BCUT2D eigenvalue weighted by atomic mass is 127. The molecule has 0 saturated heterocycles. The molecule has 0 unspecified atom stereocenters. The lowest BCUT2D eigenvalue weighted by Gasteiger charge is -2.18. The Bertz CT molecular complexity index is 2000. The van der Waals surface area contributed by atoms with Gasteiger partial charge in [-0.1, -0.05) is 0 Å². The zero-order valence-electron chi connectivity index (χ0n) is 28.1. The number of carbonyl (C=O) groups excluding carboxylic acids is 1. The Morgan fingerprint density at radius 2 is 1.37 bits per heavy atom. The lowest BCUT2D eigenvalue weighted by molar-refractivity contribution is 0.0514. The highest BCUT2D eigenvalue weighted by Crippen LogP contribution is 2.27.